The number of aliphatic carboxylic acids is 1. The van der Waals surface area contributed by atoms with Gasteiger partial charge in [0.05, 0.1) is 12.6 Å². The molecule has 3 rings (SSSR count). The third kappa shape index (κ3) is 6.64. The van der Waals surface area contributed by atoms with Crippen LogP contribution in [0.4, 0.5) is 0 Å². The second kappa shape index (κ2) is 10.5. The van der Waals surface area contributed by atoms with E-state index >= 15 is 0 Å². The van der Waals surface area contributed by atoms with Crippen LogP contribution in [0.2, 0.25) is 0 Å². The molecule has 0 heterocycles. The Morgan fingerprint density at radius 1 is 1.17 bits per heavy atom. The molecule has 0 N–H and O–H groups in total. The van der Waals surface area contributed by atoms with Crippen molar-refractivity contribution in [1.29, 1.82) is 0 Å². The smallest absolute Gasteiger partial charge is 0.549 e. The largest absolute Gasteiger partial charge is 1.00 e. The van der Waals surface area contributed by atoms with E-state index in [1.165, 1.54) is 16.7 Å². The minimum atomic E-state index is -1.03. The van der Waals surface area contributed by atoms with Gasteiger partial charge in [0.15, 0.2) is 0 Å². The molecule has 0 radical (unpaired) electrons. The van der Waals surface area contributed by atoms with Gasteiger partial charge >= 0.3 is 18.9 Å². The Kier molecular flexibility index (Phi) is 8.61. The van der Waals surface area contributed by atoms with Crippen molar-refractivity contribution >= 4 is 5.97 Å². The molecule has 0 saturated heterocycles. The number of likely N-dealkylation sites (N-methyl/N-ethyl adjacent to an activating group) is 1. The normalized spacial score (nSPS) is 18.4. The summed E-state index contributed by atoms with van der Waals surface area (Å²) in [6.45, 7) is 7.89. The van der Waals surface area contributed by atoms with E-state index in [2.05, 4.69) is 63.2 Å². The van der Waals surface area contributed by atoms with Crippen LogP contribution in [0, 0.1) is 11.3 Å². The van der Waals surface area contributed by atoms with Gasteiger partial charge in [0.2, 0.25) is 0 Å². The van der Waals surface area contributed by atoms with E-state index in [0.717, 1.165) is 25.1 Å². The average Bonchev–Trinajstić information content (AvgIpc) is 2.65. The number of carbonyl (C=O) groups is 1. The summed E-state index contributed by atoms with van der Waals surface area (Å²) in [5, 5.41) is 11.0. The van der Waals surface area contributed by atoms with Crippen LogP contribution < -0.4 is 28.7 Å². The van der Waals surface area contributed by atoms with Crippen LogP contribution >= 0.6 is 0 Å². The number of fused-ring (bicyclic) bond motifs is 1. The first-order valence-electron chi connectivity index (χ1n) is 10.4. The Morgan fingerprint density at radius 2 is 1.87 bits per heavy atom. The predicted octanol–water partition coefficient (Wildman–Crippen LogP) is 0.492. The van der Waals surface area contributed by atoms with Gasteiger partial charge in [-0.1, -0.05) is 57.2 Å². The Balaban J connectivity index is 0.00000320. The third-order valence-corrected chi connectivity index (χ3v) is 5.48. The van der Waals surface area contributed by atoms with Crippen molar-refractivity contribution in [2.75, 3.05) is 26.7 Å². The number of carboxylic acid groups (broad SMARTS) is 1. The van der Waals surface area contributed by atoms with Crippen LogP contribution in [-0.4, -0.2) is 37.6 Å². The molecule has 0 amide bonds. The van der Waals surface area contributed by atoms with Crippen LogP contribution in [0.15, 0.2) is 48.5 Å². The number of carboxylic acids is 1. The number of rotatable bonds is 7. The molecule has 2 unspecified atom stereocenters. The molecule has 0 aromatic heterocycles. The minimum Gasteiger partial charge on any atom is -0.549 e. The van der Waals surface area contributed by atoms with Crippen molar-refractivity contribution in [3.05, 3.63) is 65.2 Å². The monoisotopic (exact) mass is 401 g/mol. The average molecular weight is 401 g/mol. The number of benzene rings is 2. The fourth-order valence-corrected chi connectivity index (χ4v) is 4.25. The van der Waals surface area contributed by atoms with E-state index < -0.39 is 5.97 Å². The molecule has 2 aromatic carbocycles. The summed E-state index contributed by atoms with van der Waals surface area (Å²) in [5.41, 5.74) is 4.07. The van der Waals surface area contributed by atoms with Gasteiger partial charge in [-0.05, 0) is 60.0 Å². The number of hydrogen-bond donors (Lipinski definition) is 0. The van der Waals surface area contributed by atoms with Gasteiger partial charge in [0, 0.05) is 19.0 Å². The van der Waals surface area contributed by atoms with Gasteiger partial charge < -0.3 is 19.5 Å². The quantitative estimate of drug-likeness (QED) is 0.634. The molecule has 0 bridgehead atoms. The van der Waals surface area contributed by atoms with Crippen LogP contribution in [0.25, 0.3) is 0 Å². The van der Waals surface area contributed by atoms with Crippen LogP contribution in [0.3, 0.4) is 0 Å². The van der Waals surface area contributed by atoms with Crippen molar-refractivity contribution < 1.29 is 33.5 Å². The van der Waals surface area contributed by atoms with E-state index in [4.69, 9.17) is 4.74 Å². The summed E-state index contributed by atoms with van der Waals surface area (Å²) >= 11 is 0. The van der Waals surface area contributed by atoms with Crippen molar-refractivity contribution in [3.8, 4) is 5.75 Å². The maximum Gasteiger partial charge on any atom is 1.00 e. The van der Waals surface area contributed by atoms with E-state index in [1.807, 2.05) is 18.0 Å². The van der Waals surface area contributed by atoms with Crippen molar-refractivity contribution in [2.24, 2.45) is 11.3 Å². The second-order valence-corrected chi connectivity index (χ2v) is 9.47. The molecule has 2 atom stereocenters. The summed E-state index contributed by atoms with van der Waals surface area (Å²) in [5.74, 6) is 0.509. The fourth-order valence-electron chi connectivity index (χ4n) is 4.25. The zero-order valence-electron chi connectivity index (χ0n) is 19.0. The molecule has 4 nitrogen and oxygen atoms in total. The summed E-state index contributed by atoms with van der Waals surface area (Å²) in [6, 6.07) is 17.0. The molecular formula is C25H32LiNO3. The Hall–Kier alpha value is -1.73. The molecule has 1 aliphatic rings. The third-order valence-electron chi connectivity index (χ3n) is 5.48. The first-order valence-corrected chi connectivity index (χ1v) is 10.4. The minimum absolute atomic E-state index is 0. The molecule has 0 aliphatic heterocycles. The van der Waals surface area contributed by atoms with Gasteiger partial charge in [-0.15, -0.1) is 0 Å². The van der Waals surface area contributed by atoms with E-state index in [1.54, 1.807) is 0 Å². The molecule has 2 aromatic rings. The molecule has 5 heteroatoms. The van der Waals surface area contributed by atoms with Gasteiger partial charge in [-0.2, -0.15) is 0 Å². The summed E-state index contributed by atoms with van der Waals surface area (Å²) in [4.78, 5) is 12.9. The summed E-state index contributed by atoms with van der Waals surface area (Å²) in [7, 11) is 1.86. The first-order chi connectivity index (χ1) is 13.7. The van der Waals surface area contributed by atoms with Crippen molar-refractivity contribution in [2.45, 2.75) is 39.5 Å². The Morgan fingerprint density at radius 3 is 2.50 bits per heavy atom. The number of hydrogen-bond acceptors (Lipinski definition) is 4. The molecule has 30 heavy (non-hydrogen) atoms. The van der Waals surface area contributed by atoms with Gasteiger partial charge in [-0.3, -0.25) is 0 Å². The molecular weight excluding hydrogens is 369 g/mol. The van der Waals surface area contributed by atoms with E-state index in [-0.39, 0.29) is 36.7 Å². The van der Waals surface area contributed by atoms with Crippen molar-refractivity contribution in [1.82, 2.24) is 4.90 Å². The standard InChI is InChI=1S/C25H33NO3.Li/c1-25(2,3)17-29-21-12-13-22-19(14-21)10-11-20(15-26(4)16-23(27)28)24(22)18-8-6-5-7-9-18;/h5-9,12-14,20,24H,10-11,15-17H2,1-4H3,(H,27,28);/q;+1/p-1. The molecule has 0 spiro atoms. The molecule has 1 aliphatic carbocycles. The zero-order valence-corrected chi connectivity index (χ0v) is 19.0. The summed E-state index contributed by atoms with van der Waals surface area (Å²) in [6.07, 6.45) is 2.00. The second-order valence-electron chi connectivity index (χ2n) is 9.47. The Labute approximate surface area is 192 Å². The van der Waals surface area contributed by atoms with Crippen LogP contribution in [0.1, 0.15) is 49.8 Å². The van der Waals surface area contributed by atoms with Crippen LogP contribution in [-0.2, 0) is 11.2 Å². The van der Waals surface area contributed by atoms with E-state index in [0.29, 0.717) is 12.5 Å². The topological polar surface area (TPSA) is 52.6 Å². The van der Waals surface area contributed by atoms with Gasteiger partial charge in [0.1, 0.15) is 5.75 Å². The predicted molar refractivity (Wildman–Crippen MR) is 114 cm³/mol. The zero-order chi connectivity index (χ0) is 21.0. The van der Waals surface area contributed by atoms with Crippen LogP contribution in [0.5, 0.6) is 5.75 Å². The molecule has 0 fully saturated rings. The summed E-state index contributed by atoms with van der Waals surface area (Å²) < 4.78 is 6.03. The SMILES string of the molecule is CN(CC(=O)[O-])CC1CCc2cc(OCC(C)(C)C)ccc2C1c1ccccc1.[Li+]. The Bertz CT molecular complexity index is 832. The number of aryl methyl sites for hydroxylation is 1. The number of ether oxygens (including phenoxy) is 1. The number of nitrogens with zero attached hydrogens (tertiary/aromatic N) is 1. The first kappa shape index (κ1) is 24.5. The van der Waals surface area contributed by atoms with Gasteiger partial charge in [0.25, 0.3) is 0 Å². The van der Waals surface area contributed by atoms with Crippen molar-refractivity contribution in [3.63, 3.8) is 0 Å². The fraction of sp³-hybridized carbons (Fsp3) is 0.480. The molecule has 0 saturated carbocycles. The molecule has 156 valence electrons. The number of carbonyl (C=O) groups excluding carboxylic acids is 1. The maximum atomic E-state index is 11.0. The van der Waals surface area contributed by atoms with Gasteiger partial charge in [-0.25, -0.2) is 0 Å². The van der Waals surface area contributed by atoms with E-state index in [9.17, 15) is 9.90 Å². The maximum absolute atomic E-state index is 11.0.